The van der Waals surface area contributed by atoms with E-state index in [9.17, 15) is 14.7 Å². The molecule has 5 heteroatoms. The summed E-state index contributed by atoms with van der Waals surface area (Å²) in [6.45, 7) is 4.37. The molecule has 0 aromatic heterocycles. The van der Waals surface area contributed by atoms with Gasteiger partial charge in [-0.05, 0) is 82.1 Å². The lowest BCUT2D eigenvalue weighted by molar-refractivity contribution is -0.118. The Morgan fingerprint density at radius 1 is 0.821 bits per heavy atom. The fourth-order valence-electron chi connectivity index (χ4n) is 3.69. The summed E-state index contributed by atoms with van der Waals surface area (Å²) in [6, 6.07) is 6.30. The van der Waals surface area contributed by atoms with Crippen LogP contribution in [0.15, 0.2) is 85.0 Å². The molecule has 0 bridgehead atoms. The van der Waals surface area contributed by atoms with Crippen LogP contribution in [0.1, 0.15) is 94.8 Å². The topological polar surface area (TPSA) is 63.6 Å². The zero-order valence-corrected chi connectivity index (χ0v) is 24.7. The number of Topliss-reactive ketones (excluding diaryl/α,β-unsaturated/α-hetero) is 1. The largest absolute Gasteiger partial charge is 0.507 e. The predicted molar refractivity (Wildman–Crippen MR) is 167 cm³/mol. The van der Waals surface area contributed by atoms with Gasteiger partial charge in [0, 0.05) is 6.42 Å². The Morgan fingerprint density at radius 2 is 1.41 bits per heavy atom. The van der Waals surface area contributed by atoms with Crippen molar-refractivity contribution in [1.82, 2.24) is 0 Å². The highest BCUT2D eigenvalue weighted by molar-refractivity contribution is 8.00. The van der Waals surface area contributed by atoms with Gasteiger partial charge in [0.1, 0.15) is 17.1 Å². The lowest BCUT2D eigenvalue weighted by atomic mass is 10.1. The van der Waals surface area contributed by atoms with Crippen molar-refractivity contribution < 1.29 is 19.4 Å². The Balaban J connectivity index is 2.05. The second-order valence-corrected chi connectivity index (χ2v) is 10.5. The second-order valence-electron chi connectivity index (χ2n) is 9.19. The molecule has 0 fully saturated rings. The lowest BCUT2D eigenvalue weighted by Gasteiger charge is -2.13. The Morgan fingerprint density at radius 3 is 2.00 bits per heavy atom. The molecule has 0 aliphatic rings. The number of unbranched alkanes of at least 4 members (excludes halogenated alkanes) is 2. The van der Waals surface area contributed by atoms with E-state index in [1.165, 1.54) is 12.1 Å². The third-order valence-electron chi connectivity index (χ3n) is 5.90. The number of para-hydroxylation sites is 1. The van der Waals surface area contributed by atoms with Crippen molar-refractivity contribution >= 4 is 23.5 Å². The van der Waals surface area contributed by atoms with Crippen LogP contribution >= 0.6 is 11.8 Å². The molecule has 0 aliphatic heterocycles. The number of carbonyl (C=O) groups excluding carboxylic acids is 2. The smallest absolute Gasteiger partial charge is 0.341 e. The number of esters is 1. The number of ether oxygens (including phenoxy) is 1. The molecule has 0 heterocycles. The monoisotopic (exact) mass is 552 g/mol. The minimum atomic E-state index is -0.561. The van der Waals surface area contributed by atoms with Gasteiger partial charge in [0.15, 0.2) is 0 Å². The summed E-state index contributed by atoms with van der Waals surface area (Å²) in [4.78, 5) is 24.6. The van der Waals surface area contributed by atoms with E-state index in [2.05, 4.69) is 67.7 Å². The molecule has 214 valence electrons. The number of benzene rings is 1. The average Bonchev–Trinajstić information content (AvgIpc) is 2.94. The number of rotatable bonds is 22. The molecular formula is C34H48O4S. The van der Waals surface area contributed by atoms with Crippen LogP contribution in [0.3, 0.4) is 0 Å². The molecule has 0 saturated carbocycles. The molecule has 1 N–H and O–H groups in total. The fraction of sp³-hybridized carbons (Fsp3) is 0.471. The van der Waals surface area contributed by atoms with E-state index in [0.29, 0.717) is 12.8 Å². The Kier molecular flexibility index (Phi) is 21.3. The van der Waals surface area contributed by atoms with Crippen LogP contribution in [0.2, 0.25) is 0 Å². The Bertz CT molecular complexity index is 942. The van der Waals surface area contributed by atoms with Gasteiger partial charge < -0.3 is 9.84 Å². The van der Waals surface area contributed by atoms with Gasteiger partial charge in [-0.2, -0.15) is 11.8 Å². The number of allylic oxidation sites excluding steroid dienone is 10. The average molecular weight is 553 g/mol. The molecule has 0 aliphatic carbocycles. The van der Waals surface area contributed by atoms with E-state index in [-0.39, 0.29) is 29.0 Å². The van der Waals surface area contributed by atoms with Crippen LogP contribution in [0.4, 0.5) is 0 Å². The third-order valence-corrected chi connectivity index (χ3v) is 7.42. The SMILES string of the molecule is CC/C=C\C/C=C\C/C=C\C/C=C\C/C=C\CCCCSC(CC)C(=O)CCCOC(=O)c1ccccc1O. The molecular weight excluding hydrogens is 504 g/mol. The van der Waals surface area contributed by atoms with Crippen molar-refractivity contribution in [3.05, 3.63) is 90.6 Å². The van der Waals surface area contributed by atoms with Crippen LogP contribution in [-0.2, 0) is 9.53 Å². The van der Waals surface area contributed by atoms with Crippen LogP contribution < -0.4 is 0 Å². The molecule has 0 spiro atoms. The van der Waals surface area contributed by atoms with Crippen LogP contribution in [0, 0.1) is 0 Å². The fourth-order valence-corrected chi connectivity index (χ4v) is 4.89. The van der Waals surface area contributed by atoms with Gasteiger partial charge >= 0.3 is 5.97 Å². The maximum Gasteiger partial charge on any atom is 0.341 e. The van der Waals surface area contributed by atoms with Gasteiger partial charge in [0.2, 0.25) is 0 Å². The van der Waals surface area contributed by atoms with Crippen molar-refractivity contribution in [3.63, 3.8) is 0 Å². The van der Waals surface area contributed by atoms with Crippen molar-refractivity contribution in [1.29, 1.82) is 0 Å². The van der Waals surface area contributed by atoms with E-state index < -0.39 is 5.97 Å². The summed E-state index contributed by atoms with van der Waals surface area (Å²) in [6.07, 6.45) is 32.3. The molecule has 0 radical (unpaired) electrons. The van der Waals surface area contributed by atoms with Crippen LogP contribution in [0.25, 0.3) is 0 Å². The number of thioether (sulfide) groups is 1. The molecule has 1 unspecified atom stereocenters. The number of carbonyl (C=O) groups is 2. The van der Waals surface area contributed by atoms with Crippen LogP contribution in [0.5, 0.6) is 5.75 Å². The van der Waals surface area contributed by atoms with Gasteiger partial charge in [-0.3, -0.25) is 4.79 Å². The highest BCUT2D eigenvalue weighted by atomic mass is 32.2. The standard InChI is InChI=1S/C34H48O4S/c1-3-5-6-7-8-9-10-11-12-13-14-15-16-17-18-19-20-23-29-39-33(4-2)32(36)27-24-28-38-34(37)30-25-21-22-26-31(30)35/h5-6,8-9,11-12,14-15,17-18,21-22,25-26,33,35H,3-4,7,10,13,16,19-20,23-24,27-29H2,1-2H3/b6-5-,9-8-,12-11-,15-14-,18-17-. The van der Waals surface area contributed by atoms with E-state index in [1.807, 2.05) is 6.92 Å². The first-order chi connectivity index (χ1) is 19.1. The predicted octanol–water partition coefficient (Wildman–Crippen LogP) is 9.33. The number of hydrogen-bond acceptors (Lipinski definition) is 5. The molecule has 0 amide bonds. The second kappa shape index (κ2) is 24.3. The molecule has 1 aromatic carbocycles. The normalized spacial score (nSPS) is 13.0. The molecule has 4 nitrogen and oxygen atoms in total. The molecule has 1 atom stereocenters. The quantitative estimate of drug-likeness (QED) is 0.0882. The van der Waals surface area contributed by atoms with Crippen molar-refractivity contribution in [3.8, 4) is 5.75 Å². The van der Waals surface area contributed by atoms with Crippen LogP contribution in [-0.4, -0.2) is 34.5 Å². The number of ketones is 1. The highest BCUT2D eigenvalue weighted by Gasteiger charge is 2.17. The summed E-state index contributed by atoms with van der Waals surface area (Å²) < 4.78 is 5.20. The summed E-state index contributed by atoms with van der Waals surface area (Å²) >= 11 is 1.74. The molecule has 0 saturated heterocycles. The minimum Gasteiger partial charge on any atom is -0.507 e. The molecule has 1 aromatic rings. The maximum atomic E-state index is 12.5. The Labute approximate surface area is 241 Å². The highest BCUT2D eigenvalue weighted by Crippen LogP contribution is 2.20. The van der Waals surface area contributed by atoms with E-state index in [0.717, 1.165) is 63.5 Å². The first kappa shape index (κ1) is 34.2. The Hall–Kier alpha value is -2.79. The number of phenolic OH excluding ortho intramolecular Hbond substituents is 1. The third kappa shape index (κ3) is 18.2. The van der Waals surface area contributed by atoms with Gasteiger partial charge in [-0.25, -0.2) is 4.79 Å². The maximum absolute atomic E-state index is 12.5. The molecule has 1 rings (SSSR count). The van der Waals surface area contributed by atoms with Crippen molar-refractivity contribution in [2.45, 2.75) is 89.7 Å². The number of hydrogen-bond donors (Lipinski definition) is 1. The summed E-state index contributed by atoms with van der Waals surface area (Å²) in [7, 11) is 0. The van der Waals surface area contributed by atoms with E-state index in [1.54, 1.807) is 23.9 Å². The zero-order valence-electron chi connectivity index (χ0n) is 23.9. The van der Waals surface area contributed by atoms with Crippen molar-refractivity contribution in [2.24, 2.45) is 0 Å². The summed E-state index contributed by atoms with van der Waals surface area (Å²) in [5, 5.41) is 9.72. The van der Waals surface area contributed by atoms with Gasteiger partial charge in [-0.15, -0.1) is 0 Å². The van der Waals surface area contributed by atoms with Gasteiger partial charge in [0.25, 0.3) is 0 Å². The van der Waals surface area contributed by atoms with E-state index in [4.69, 9.17) is 4.74 Å². The number of phenols is 1. The lowest BCUT2D eigenvalue weighted by Crippen LogP contribution is -2.18. The zero-order chi connectivity index (χ0) is 28.4. The van der Waals surface area contributed by atoms with Gasteiger partial charge in [0.05, 0.1) is 11.9 Å². The first-order valence-corrected chi connectivity index (χ1v) is 15.5. The van der Waals surface area contributed by atoms with Gasteiger partial charge in [-0.1, -0.05) is 86.7 Å². The minimum absolute atomic E-state index is 0.00701. The summed E-state index contributed by atoms with van der Waals surface area (Å²) in [5.74, 6) is 0.549. The number of aromatic hydroxyl groups is 1. The first-order valence-electron chi connectivity index (χ1n) is 14.4. The van der Waals surface area contributed by atoms with Crippen molar-refractivity contribution in [2.75, 3.05) is 12.4 Å². The van der Waals surface area contributed by atoms with E-state index >= 15 is 0 Å². The molecule has 39 heavy (non-hydrogen) atoms. The summed E-state index contributed by atoms with van der Waals surface area (Å²) in [5.41, 5.74) is 0.149.